The van der Waals surface area contributed by atoms with Gasteiger partial charge in [0.2, 0.25) is 17.7 Å². The number of anilines is 1. The molecule has 0 radical (unpaired) electrons. The average molecular weight is 489 g/mol. The van der Waals surface area contributed by atoms with Crippen LogP contribution in [0.25, 0.3) is 22.7 Å². The second-order valence-corrected chi connectivity index (χ2v) is 10.3. The van der Waals surface area contributed by atoms with E-state index in [1.54, 1.807) is 29.6 Å². The van der Waals surface area contributed by atoms with E-state index in [1.807, 2.05) is 31.2 Å². The number of aromatic nitrogens is 3. The van der Waals surface area contributed by atoms with Crippen molar-refractivity contribution in [3.63, 3.8) is 0 Å². The first-order valence-corrected chi connectivity index (χ1v) is 12.5. The van der Waals surface area contributed by atoms with E-state index in [2.05, 4.69) is 20.5 Å². The van der Waals surface area contributed by atoms with Gasteiger partial charge in [-0.3, -0.25) is 4.79 Å². The van der Waals surface area contributed by atoms with Gasteiger partial charge in [0.15, 0.2) is 15.0 Å². The minimum absolute atomic E-state index is 0.108. The molecule has 1 amide bonds. The number of carbonyl (C=O) groups excluding carboxylic acids is 1. The van der Waals surface area contributed by atoms with Crippen molar-refractivity contribution in [2.45, 2.75) is 12.7 Å². The van der Waals surface area contributed by atoms with Gasteiger partial charge < -0.3 is 9.73 Å². The number of rotatable bonds is 7. The highest BCUT2D eigenvalue weighted by Gasteiger charge is 2.22. The summed E-state index contributed by atoms with van der Waals surface area (Å²) in [6.45, 7) is 1.99. The average Bonchev–Trinajstić information content (AvgIpc) is 3.38. The lowest BCUT2D eigenvalue weighted by Crippen LogP contribution is -2.24. The smallest absolute Gasteiger partial charge is 0.249 e. The predicted molar refractivity (Wildman–Crippen MR) is 123 cm³/mol. The first-order valence-electron chi connectivity index (χ1n) is 9.39. The maximum atomic E-state index is 12.4. The first-order chi connectivity index (χ1) is 15.3. The van der Waals surface area contributed by atoms with Crippen molar-refractivity contribution in [1.82, 2.24) is 15.2 Å². The highest BCUT2D eigenvalue weighted by atomic mass is 35.5. The van der Waals surface area contributed by atoms with Crippen molar-refractivity contribution in [1.29, 1.82) is 0 Å². The molecule has 4 aromatic rings. The number of sulfone groups is 1. The van der Waals surface area contributed by atoms with E-state index in [-0.39, 0.29) is 11.8 Å². The van der Waals surface area contributed by atoms with Crippen LogP contribution in [-0.4, -0.2) is 35.3 Å². The van der Waals surface area contributed by atoms with E-state index < -0.39 is 27.3 Å². The third kappa shape index (κ3) is 5.39. The number of benzene rings is 2. The molecule has 2 aromatic heterocycles. The zero-order valence-corrected chi connectivity index (χ0v) is 19.2. The Hall–Kier alpha value is -3.08. The fourth-order valence-corrected chi connectivity index (χ4v) is 4.86. The summed E-state index contributed by atoms with van der Waals surface area (Å²) in [5.74, 6) is -2.01. The molecule has 0 fully saturated rings. The molecule has 11 heteroatoms. The SMILES string of the molecule is Cc1ccc(-c2csc(NC(=O)CS(=O)(=O)Cc3nnc(-c4ccccc4Cl)o3)n2)cc1. The number of halogens is 1. The Kier molecular flexibility index (Phi) is 6.35. The van der Waals surface area contributed by atoms with Gasteiger partial charge >= 0.3 is 0 Å². The molecule has 0 atom stereocenters. The number of nitrogens with zero attached hydrogens (tertiary/aromatic N) is 3. The predicted octanol–water partition coefficient (Wildman–Crippen LogP) is 4.38. The van der Waals surface area contributed by atoms with Crippen LogP contribution in [0.3, 0.4) is 0 Å². The van der Waals surface area contributed by atoms with Crippen molar-refractivity contribution < 1.29 is 17.6 Å². The van der Waals surface area contributed by atoms with Crippen LogP contribution in [-0.2, 0) is 20.4 Å². The molecule has 0 unspecified atom stereocenters. The number of aryl methyl sites for hydroxylation is 1. The minimum Gasteiger partial charge on any atom is -0.420 e. The number of thiazole rings is 1. The fourth-order valence-electron chi connectivity index (χ4n) is 2.84. The maximum Gasteiger partial charge on any atom is 0.249 e. The van der Waals surface area contributed by atoms with E-state index in [9.17, 15) is 13.2 Å². The van der Waals surface area contributed by atoms with Crippen LogP contribution in [0.2, 0.25) is 5.02 Å². The van der Waals surface area contributed by atoms with Crippen LogP contribution in [0.4, 0.5) is 5.13 Å². The molecule has 0 aliphatic heterocycles. The summed E-state index contributed by atoms with van der Waals surface area (Å²) in [4.78, 5) is 16.6. The molecule has 4 rings (SSSR count). The van der Waals surface area contributed by atoms with E-state index in [1.165, 1.54) is 11.3 Å². The Morgan fingerprint density at radius 3 is 2.62 bits per heavy atom. The first kappa shape index (κ1) is 22.1. The van der Waals surface area contributed by atoms with Crippen molar-refractivity contribution in [3.05, 3.63) is 70.4 Å². The van der Waals surface area contributed by atoms with Gasteiger partial charge in [0.25, 0.3) is 0 Å². The van der Waals surface area contributed by atoms with Crippen LogP contribution in [0.5, 0.6) is 0 Å². The van der Waals surface area contributed by atoms with E-state index in [0.29, 0.717) is 21.4 Å². The van der Waals surface area contributed by atoms with Gasteiger partial charge in [-0.2, -0.15) is 0 Å². The molecule has 0 spiro atoms. The molecule has 1 N–H and O–H groups in total. The van der Waals surface area contributed by atoms with Crippen LogP contribution >= 0.6 is 22.9 Å². The Morgan fingerprint density at radius 2 is 1.88 bits per heavy atom. The van der Waals surface area contributed by atoms with Crippen molar-refractivity contribution in [2.24, 2.45) is 0 Å². The molecular weight excluding hydrogens is 472 g/mol. The quantitative estimate of drug-likeness (QED) is 0.410. The second-order valence-electron chi connectivity index (χ2n) is 6.97. The Morgan fingerprint density at radius 1 is 1.12 bits per heavy atom. The second kappa shape index (κ2) is 9.19. The van der Waals surface area contributed by atoms with Crippen LogP contribution in [0, 0.1) is 6.92 Å². The molecule has 0 bridgehead atoms. The molecule has 0 aliphatic carbocycles. The molecule has 2 aromatic carbocycles. The lowest BCUT2D eigenvalue weighted by Gasteiger charge is -2.02. The van der Waals surface area contributed by atoms with Crippen LogP contribution < -0.4 is 5.32 Å². The van der Waals surface area contributed by atoms with Gasteiger partial charge in [-0.05, 0) is 19.1 Å². The minimum atomic E-state index is -3.85. The summed E-state index contributed by atoms with van der Waals surface area (Å²) in [7, 11) is -3.85. The zero-order valence-electron chi connectivity index (χ0n) is 16.8. The summed E-state index contributed by atoms with van der Waals surface area (Å²) < 4.78 is 30.3. The third-order valence-electron chi connectivity index (χ3n) is 4.36. The van der Waals surface area contributed by atoms with Crippen molar-refractivity contribution >= 4 is 43.8 Å². The molecule has 2 heterocycles. The number of hydrogen-bond acceptors (Lipinski definition) is 8. The lowest BCUT2D eigenvalue weighted by molar-refractivity contribution is -0.113. The summed E-state index contributed by atoms with van der Waals surface area (Å²) in [6, 6.07) is 14.6. The molecule has 0 saturated carbocycles. The molecule has 164 valence electrons. The standard InChI is InChI=1S/C21H17ClN4O4S2/c1-13-6-8-14(9-7-13)17-10-31-21(23-17)24-18(27)11-32(28,29)12-19-25-26-20(30-19)15-4-2-3-5-16(15)22/h2-10H,11-12H2,1H3,(H,23,24,27). The van der Waals surface area contributed by atoms with Gasteiger partial charge in [-0.1, -0.05) is 53.6 Å². The highest BCUT2D eigenvalue weighted by Crippen LogP contribution is 2.27. The van der Waals surface area contributed by atoms with Gasteiger partial charge in [0.05, 0.1) is 16.3 Å². The van der Waals surface area contributed by atoms with Crippen LogP contribution in [0.15, 0.2) is 58.3 Å². The highest BCUT2D eigenvalue weighted by molar-refractivity contribution is 7.91. The lowest BCUT2D eigenvalue weighted by atomic mass is 10.1. The van der Waals surface area contributed by atoms with Gasteiger partial charge in [-0.15, -0.1) is 21.5 Å². The molecule has 0 saturated heterocycles. The maximum absolute atomic E-state index is 12.4. The monoisotopic (exact) mass is 488 g/mol. The van der Waals surface area contributed by atoms with E-state index in [0.717, 1.165) is 11.1 Å². The molecule has 0 aliphatic rings. The van der Waals surface area contributed by atoms with Crippen molar-refractivity contribution in [2.75, 3.05) is 11.1 Å². The van der Waals surface area contributed by atoms with Crippen LogP contribution in [0.1, 0.15) is 11.5 Å². The zero-order chi connectivity index (χ0) is 22.7. The van der Waals surface area contributed by atoms with E-state index in [4.69, 9.17) is 16.0 Å². The number of hydrogen-bond donors (Lipinski definition) is 1. The van der Waals surface area contributed by atoms with E-state index >= 15 is 0 Å². The Labute approximate surface area is 193 Å². The summed E-state index contributed by atoms with van der Waals surface area (Å²) >= 11 is 7.31. The fraction of sp³-hybridized carbons (Fsp3) is 0.143. The number of carbonyl (C=O) groups is 1. The number of nitrogens with one attached hydrogen (secondary N) is 1. The number of amides is 1. The molecular formula is C21H17ClN4O4S2. The van der Waals surface area contributed by atoms with Gasteiger partial charge in [-0.25, -0.2) is 13.4 Å². The van der Waals surface area contributed by atoms with Gasteiger partial charge in [0.1, 0.15) is 11.5 Å². The largest absolute Gasteiger partial charge is 0.420 e. The topological polar surface area (TPSA) is 115 Å². The summed E-state index contributed by atoms with van der Waals surface area (Å²) in [5.41, 5.74) is 3.23. The molecule has 32 heavy (non-hydrogen) atoms. The summed E-state index contributed by atoms with van der Waals surface area (Å²) in [6.07, 6.45) is 0. The van der Waals surface area contributed by atoms with Gasteiger partial charge in [0, 0.05) is 10.9 Å². The molecule has 8 nitrogen and oxygen atoms in total. The normalized spacial score (nSPS) is 11.4. The summed E-state index contributed by atoms with van der Waals surface area (Å²) in [5, 5.41) is 12.6. The Balaban J connectivity index is 1.38. The Bertz CT molecular complexity index is 1360. The third-order valence-corrected chi connectivity index (χ3v) is 6.84. The van der Waals surface area contributed by atoms with Crippen molar-refractivity contribution in [3.8, 4) is 22.7 Å².